The number of hydrogen-bond acceptors (Lipinski definition) is 0. The van der Waals surface area contributed by atoms with E-state index in [0.29, 0.717) is 0 Å². The van der Waals surface area contributed by atoms with Crippen molar-refractivity contribution in [3.63, 3.8) is 0 Å². The van der Waals surface area contributed by atoms with Gasteiger partial charge in [-0.2, -0.15) is 0 Å². The van der Waals surface area contributed by atoms with Crippen molar-refractivity contribution in [3.05, 3.63) is 85.5 Å². The molecule has 0 radical (unpaired) electrons. The molecule has 0 aliphatic heterocycles. The molecule has 126 valence electrons. The molecule has 5 rings (SSSR count). The molecule has 4 nitrogen and oxygen atoms in total. The first kappa shape index (κ1) is 14.7. The van der Waals surface area contributed by atoms with Crippen LogP contribution in [0, 0.1) is 0 Å². The van der Waals surface area contributed by atoms with Gasteiger partial charge in [-0.05, 0) is 60.7 Å². The minimum absolute atomic E-state index is 1.10. The lowest BCUT2D eigenvalue weighted by atomic mass is 9.92. The summed E-state index contributed by atoms with van der Waals surface area (Å²) in [6, 6.07) is 21.0. The fourth-order valence-corrected chi connectivity index (χ4v) is 3.48. The Morgan fingerprint density at radius 1 is 0.385 bits per heavy atom. The first-order valence-electron chi connectivity index (χ1n) is 8.63. The molecule has 0 amide bonds. The molecule has 4 heteroatoms. The van der Waals surface area contributed by atoms with E-state index in [2.05, 4.69) is 56.3 Å². The van der Waals surface area contributed by atoms with E-state index in [4.69, 9.17) is 0 Å². The summed E-state index contributed by atoms with van der Waals surface area (Å²) < 4.78 is 0. The predicted molar refractivity (Wildman–Crippen MR) is 106 cm³/mol. The summed E-state index contributed by atoms with van der Waals surface area (Å²) in [5.74, 6) is 0. The van der Waals surface area contributed by atoms with E-state index in [1.54, 1.807) is 0 Å². The number of aromatic nitrogens is 4. The van der Waals surface area contributed by atoms with Gasteiger partial charge in [0.05, 0.1) is 0 Å². The molecule has 0 spiro atoms. The van der Waals surface area contributed by atoms with Gasteiger partial charge in [-0.3, -0.25) is 0 Å². The van der Waals surface area contributed by atoms with Crippen LogP contribution in [0.5, 0.6) is 0 Å². The largest absolute Gasteiger partial charge is 0.361 e. The number of rotatable bonds is 4. The number of benzene rings is 1. The highest BCUT2D eigenvalue weighted by Gasteiger charge is 2.17. The van der Waals surface area contributed by atoms with Crippen LogP contribution in [-0.2, 0) is 0 Å². The van der Waals surface area contributed by atoms with Crippen LogP contribution in [-0.4, -0.2) is 19.9 Å². The molecule has 4 aromatic heterocycles. The normalized spacial score (nSPS) is 11.1. The van der Waals surface area contributed by atoms with Crippen molar-refractivity contribution >= 4 is 0 Å². The summed E-state index contributed by atoms with van der Waals surface area (Å²) in [5.41, 5.74) is 9.05. The molecular weight excluding hydrogens is 320 g/mol. The molecule has 1 aromatic carbocycles. The molecular formula is C22H18N4. The average molecular weight is 338 g/mol. The van der Waals surface area contributed by atoms with Crippen molar-refractivity contribution in [2.75, 3.05) is 0 Å². The lowest BCUT2D eigenvalue weighted by molar-refractivity contribution is 1.35. The highest BCUT2D eigenvalue weighted by molar-refractivity contribution is 5.92. The molecule has 5 aromatic rings. The highest BCUT2D eigenvalue weighted by Crippen LogP contribution is 2.40. The summed E-state index contributed by atoms with van der Waals surface area (Å²) >= 11 is 0. The minimum Gasteiger partial charge on any atom is -0.361 e. The third-order valence-electron chi connectivity index (χ3n) is 4.71. The standard InChI is InChI=1S/C22H18N4/c1-5-19(23-9-1)15-13-17(21-7-3-11-25-21)18(22-8-4-12-26-22)14-16(15)20-6-2-10-24-20/h1-14,23-26H. The van der Waals surface area contributed by atoms with Crippen LogP contribution < -0.4 is 0 Å². The fourth-order valence-electron chi connectivity index (χ4n) is 3.48. The maximum absolute atomic E-state index is 3.35. The van der Waals surface area contributed by atoms with E-state index in [0.717, 1.165) is 45.0 Å². The van der Waals surface area contributed by atoms with Crippen LogP contribution >= 0.6 is 0 Å². The second-order valence-corrected chi connectivity index (χ2v) is 6.28. The lowest BCUT2D eigenvalue weighted by Crippen LogP contribution is -1.93. The highest BCUT2D eigenvalue weighted by atomic mass is 14.7. The van der Waals surface area contributed by atoms with Crippen molar-refractivity contribution in [2.45, 2.75) is 0 Å². The van der Waals surface area contributed by atoms with Crippen molar-refractivity contribution < 1.29 is 0 Å². The number of H-pyrrole nitrogens is 4. The zero-order chi connectivity index (χ0) is 17.3. The first-order valence-corrected chi connectivity index (χ1v) is 8.63. The third-order valence-corrected chi connectivity index (χ3v) is 4.71. The number of hydrogen-bond donors (Lipinski definition) is 4. The van der Waals surface area contributed by atoms with Gasteiger partial charge in [0.1, 0.15) is 0 Å². The van der Waals surface area contributed by atoms with E-state index in [9.17, 15) is 0 Å². The van der Waals surface area contributed by atoms with Crippen molar-refractivity contribution in [1.82, 2.24) is 19.9 Å². The van der Waals surface area contributed by atoms with Gasteiger partial charge in [-0.25, -0.2) is 0 Å². The lowest BCUT2D eigenvalue weighted by Gasteiger charge is -2.15. The van der Waals surface area contributed by atoms with E-state index >= 15 is 0 Å². The minimum atomic E-state index is 1.10. The van der Waals surface area contributed by atoms with Crippen LogP contribution in [0.4, 0.5) is 0 Å². The number of aromatic amines is 4. The third kappa shape index (κ3) is 2.40. The Bertz CT molecular complexity index is 918. The Morgan fingerprint density at radius 3 is 0.846 bits per heavy atom. The summed E-state index contributed by atoms with van der Waals surface area (Å²) in [4.78, 5) is 13.4. The summed E-state index contributed by atoms with van der Waals surface area (Å²) in [6.07, 6.45) is 7.84. The molecule has 0 saturated heterocycles. The topological polar surface area (TPSA) is 63.2 Å². The van der Waals surface area contributed by atoms with Crippen molar-refractivity contribution in [1.29, 1.82) is 0 Å². The van der Waals surface area contributed by atoms with E-state index in [1.807, 2.05) is 49.1 Å². The molecule has 0 unspecified atom stereocenters. The second-order valence-electron chi connectivity index (χ2n) is 6.28. The van der Waals surface area contributed by atoms with Crippen LogP contribution in [0.3, 0.4) is 0 Å². The Morgan fingerprint density at radius 2 is 0.654 bits per heavy atom. The van der Waals surface area contributed by atoms with Crippen LogP contribution in [0.2, 0.25) is 0 Å². The van der Waals surface area contributed by atoms with Crippen LogP contribution in [0.25, 0.3) is 45.0 Å². The molecule has 0 aliphatic rings. The van der Waals surface area contributed by atoms with Gasteiger partial charge in [0.2, 0.25) is 0 Å². The quantitative estimate of drug-likeness (QED) is 0.326. The zero-order valence-corrected chi connectivity index (χ0v) is 14.1. The Labute approximate surface area is 150 Å². The Hall–Kier alpha value is -3.66. The van der Waals surface area contributed by atoms with E-state index in [1.165, 1.54) is 0 Å². The smallest absolute Gasteiger partial charge is 0.0460 e. The van der Waals surface area contributed by atoms with Crippen molar-refractivity contribution in [2.24, 2.45) is 0 Å². The van der Waals surface area contributed by atoms with Gasteiger partial charge in [0.15, 0.2) is 0 Å². The summed E-state index contributed by atoms with van der Waals surface area (Å²) in [5, 5.41) is 0. The zero-order valence-electron chi connectivity index (χ0n) is 14.1. The number of nitrogens with one attached hydrogen (secondary N) is 4. The van der Waals surface area contributed by atoms with Gasteiger partial charge in [-0.15, -0.1) is 0 Å². The first-order chi connectivity index (χ1) is 12.9. The van der Waals surface area contributed by atoms with E-state index < -0.39 is 0 Å². The Kier molecular flexibility index (Phi) is 3.39. The maximum atomic E-state index is 3.35. The molecule has 0 saturated carbocycles. The molecule has 0 atom stereocenters. The van der Waals surface area contributed by atoms with Crippen LogP contribution in [0.1, 0.15) is 0 Å². The average Bonchev–Trinajstić information content (AvgIpc) is 3.49. The molecule has 4 heterocycles. The van der Waals surface area contributed by atoms with Gasteiger partial charge in [0.25, 0.3) is 0 Å². The molecule has 4 N–H and O–H groups in total. The van der Waals surface area contributed by atoms with Crippen molar-refractivity contribution in [3.8, 4) is 45.0 Å². The Balaban J connectivity index is 1.84. The fraction of sp³-hybridized carbons (Fsp3) is 0. The predicted octanol–water partition coefficient (Wildman–Crippen LogP) is 5.67. The van der Waals surface area contributed by atoms with Gasteiger partial charge >= 0.3 is 0 Å². The molecule has 0 aliphatic carbocycles. The van der Waals surface area contributed by atoms with Gasteiger partial charge in [0, 0.05) is 69.8 Å². The van der Waals surface area contributed by atoms with Gasteiger partial charge in [-0.1, -0.05) is 0 Å². The molecule has 0 bridgehead atoms. The molecule has 26 heavy (non-hydrogen) atoms. The van der Waals surface area contributed by atoms with Crippen LogP contribution in [0.15, 0.2) is 85.5 Å². The summed E-state index contributed by atoms with van der Waals surface area (Å²) in [7, 11) is 0. The SMILES string of the molecule is c1c[nH]c(-c2cc(-c3ccc[nH]3)c(-c3ccc[nH]3)cc2-c2ccc[nH]2)c1. The monoisotopic (exact) mass is 338 g/mol. The van der Waals surface area contributed by atoms with Gasteiger partial charge < -0.3 is 19.9 Å². The second kappa shape index (κ2) is 6.01. The summed E-state index contributed by atoms with van der Waals surface area (Å²) in [6.45, 7) is 0. The molecule has 0 fully saturated rings. The maximum Gasteiger partial charge on any atom is 0.0460 e. The van der Waals surface area contributed by atoms with E-state index in [-0.39, 0.29) is 0 Å².